The predicted molar refractivity (Wildman–Crippen MR) is 82.1 cm³/mol. The van der Waals surface area contributed by atoms with Gasteiger partial charge in [0.2, 0.25) is 5.91 Å². The number of fused-ring (bicyclic) bond motifs is 4. The van der Waals surface area contributed by atoms with Crippen LogP contribution in [0.15, 0.2) is 41.6 Å². The van der Waals surface area contributed by atoms with Crippen molar-refractivity contribution in [1.29, 1.82) is 0 Å². The fraction of sp³-hybridized carbons (Fsp3) is 0.389. The number of rotatable bonds is 1. The van der Waals surface area contributed by atoms with Crippen molar-refractivity contribution in [3.8, 4) is 0 Å². The van der Waals surface area contributed by atoms with E-state index in [1.807, 2.05) is 20.8 Å². The first-order chi connectivity index (χ1) is 9.25. The van der Waals surface area contributed by atoms with Crippen molar-refractivity contribution in [2.75, 3.05) is 0 Å². The van der Waals surface area contributed by atoms with Gasteiger partial charge >= 0.3 is 0 Å². The summed E-state index contributed by atoms with van der Waals surface area (Å²) < 4.78 is 0. The molecular formula is C18H21NO. The number of allylic oxidation sites excluding steroid dienone is 3. The van der Waals surface area contributed by atoms with Gasteiger partial charge in [0.15, 0.2) is 0 Å². The minimum atomic E-state index is -0.379. The molecule has 1 aromatic carbocycles. The Hall–Kier alpha value is -1.83. The van der Waals surface area contributed by atoms with Crippen LogP contribution in [0.1, 0.15) is 45.7 Å². The van der Waals surface area contributed by atoms with Gasteiger partial charge in [0.1, 0.15) is 0 Å². The number of carbonyl (C=O) groups is 1. The van der Waals surface area contributed by atoms with Gasteiger partial charge in [0.05, 0.1) is 0 Å². The van der Waals surface area contributed by atoms with Gasteiger partial charge in [0.25, 0.3) is 0 Å². The number of carbonyl (C=O) groups excluding carboxylic acids is 1. The summed E-state index contributed by atoms with van der Waals surface area (Å²) in [6.45, 7) is 10.1. The Kier molecular flexibility index (Phi) is 2.53. The second kappa shape index (κ2) is 3.85. The first-order valence-corrected chi connectivity index (χ1v) is 7.11. The van der Waals surface area contributed by atoms with Crippen molar-refractivity contribution in [2.24, 2.45) is 5.41 Å². The molecule has 104 valence electrons. The minimum absolute atomic E-state index is 0.0266. The van der Waals surface area contributed by atoms with Gasteiger partial charge in [0, 0.05) is 16.5 Å². The van der Waals surface area contributed by atoms with Crippen LogP contribution in [0.3, 0.4) is 0 Å². The van der Waals surface area contributed by atoms with Crippen molar-refractivity contribution in [2.45, 2.75) is 40.0 Å². The van der Waals surface area contributed by atoms with Gasteiger partial charge in [-0.05, 0) is 36.1 Å². The van der Waals surface area contributed by atoms with E-state index < -0.39 is 0 Å². The highest BCUT2D eigenvalue weighted by molar-refractivity contribution is 5.98. The average molecular weight is 267 g/mol. The molecule has 0 radical (unpaired) electrons. The Morgan fingerprint density at radius 1 is 1.20 bits per heavy atom. The third-order valence-corrected chi connectivity index (χ3v) is 4.34. The summed E-state index contributed by atoms with van der Waals surface area (Å²) in [5.41, 5.74) is 5.66. The van der Waals surface area contributed by atoms with Crippen molar-refractivity contribution >= 4 is 11.5 Å². The van der Waals surface area contributed by atoms with E-state index >= 15 is 0 Å². The highest BCUT2D eigenvalue weighted by Gasteiger charge is 2.47. The molecule has 0 aliphatic heterocycles. The van der Waals surface area contributed by atoms with E-state index in [1.54, 1.807) is 0 Å². The average Bonchev–Trinajstić information content (AvgIpc) is 2.56. The zero-order valence-corrected chi connectivity index (χ0v) is 12.8. The van der Waals surface area contributed by atoms with Crippen LogP contribution in [0.25, 0.3) is 5.57 Å². The summed E-state index contributed by atoms with van der Waals surface area (Å²) in [5.74, 6) is 0.0707. The predicted octanol–water partition coefficient (Wildman–Crippen LogP) is 3.79. The molecular weight excluding hydrogens is 246 g/mol. The summed E-state index contributed by atoms with van der Waals surface area (Å²) in [6, 6.07) is 8.46. The van der Waals surface area contributed by atoms with Gasteiger partial charge in [-0.15, -0.1) is 0 Å². The van der Waals surface area contributed by atoms with Gasteiger partial charge in [-0.1, -0.05) is 51.1 Å². The SMILES string of the molecule is CC1=CC2(C)C(=C1NC(=O)C(C)(C)C)c1ccccc12. The van der Waals surface area contributed by atoms with Crippen LogP contribution in [0, 0.1) is 5.41 Å². The lowest BCUT2D eigenvalue weighted by atomic mass is 9.63. The van der Waals surface area contributed by atoms with Crippen LogP contribution in [-0.4, -0.2) is 5.91 Å². The summed E-state index contributed by atoms with van der Waals surface area (Å²) in [7, 11) is 0. The Labute approximate surface area is 120 Å². The lowest BCUT2D eigenvalue weighted by Crippen LogP contribution is -2.37. The summed E-state index contributed by atoms with van der Waals surface area (Å²) in [4.78, 5) is 12.3. The molecule has 3 rings (SSSR count). The monoisotopic (exact) mass is 267 g/mol. The number of amides is 1. The van der Waals surface area contributed by atoms with E-state index in [9.17, 15) is 4.79 Å². The number of hydrogen-bond donors (Lipinski definition) is 1. The Balaban J connectivity index is 2.06. The van der Waals surface area contributed by atoms with Crippen LogP contribution in [-0.2, 0) is 10.2 Å². The molecule has 0 fully saturated rings. The second-order valence-electron chi connectivity index (χ2n) is 7.03. The van der Waals surface area contributed by atoms with E-state index in [-0.39, 0.29) is 16.7 Å². The molecule has 2 aliphatic rings. The van der Waals surface area contributed by atoms with E-state index in [1.165, 1.54) is 16.7 Å². The van der Waals surface area contributed by atoms with E-state index in [0.717, 1.165) is 11.3 Å². The quantitative estimate of drug-likeness (QED) is 0.824. The standard InChI is InChI=1S/C18H21NO/c1-11-10-18(5)13-9-7-6-8-12(13)14(18)15(11)19-16(20)17(2,3)4/h6-10H,1-5H3,(H,19,20). The Morgan fingerprint density at radius 2 is 1.85 bits per heavy atom. The van der Waals surface area contributed by atoms with E-state index in [2.05, 4.69) is 49.5 Å². The fourth-order valence-corrected chi connectivity index (χ4v) is 3.21. The first-order valence-electron chi connectivity index (χ1n) is 7.11. The largest absolute Gasteiger partial charge is 0.325 e. The summed E-state index contributed by atoms with van der Waals surface area (Å²) in [5, 5.41) is 3.14. The third-order valence-electron chi connectivity index (χ3n) is 4.34. The molecule has 1 amide bonds. The van der Waals surface area contributed by atoms with Crippen molar-refractivity contribution in [3.05, 3.63) is 52.7 Å². The van der Waals surface area contributed by atoms with Gasteiger partial charge in [-0.3, -0.25) is 4.79 Å². The maximum absolute atomic E-state index is 12.3. The molecule has 2 nitrogen and oxygen atoms in total. The lowest BCUT2D eigenvalue weighted by Gasteiger charge is -2.40. The molecule has 1 N–H and O–H groups in total. The topological polar surface area (TPSA) is 29.1 Å². The van der Waals surface area contributed by atoms with E-state index in [4.69, 9.17) is 0 Å². The van der Waals surface area contributed by atoms with Crippen LogP contribution in [0.5, 0.6) is 0 Å². The molecule has 0 saturated heterocycles. The van der Waals surface area contributed by atoms with Crippen LogP contribution >= 0.6 is 0 Å². The number of benzene rings is 1. The minimum Gasteiger partial charge on any atom is -0.325 e. The molecule has 2 heteroatoms. The van der Waals surface area contributed by atoms with Crippen LogP contribution in [0.4, 0.5) is 0 Å². The molecule has 2 aliphatic carbocycles. The molecule has 0 bridgehead atoms. The second-order valence-corrected chi connectivity index (χ2v) is 7.03. The molecule has 0 aromatic heterocycles. The van der Waals surface area contributed by atoms with Gasteiger partial charge < -0.3 is 5.32 Å². The Morgan fingerprint density at radius 3 is 2.50 bits per heavy atom. The third kappa shape index (κ3) is 1.60. The normalized spacial score (nSPS) is 23.8. The highest BCUT2D eigenvalue weighted by atomic mass is 16.2. The molecule has 0 saturated carbocycles. The van der Waals surface area contributed by atoms with Gasteiger partial charge in [-0.25, -0.2) is 0 Å². The number of nitrogens with one attached hydrogen (secondary N) is 1. The zero-order valence-electron chi connectivity index (χ0n) is 12.8. The zero-order chi connectivity index (χ0) is 14.7. The van der Waals surface area contributed by atoms with Crippen LogP contribution in [0.2, 0.25) is 0 Å². The first kappa shape index (κ1) is 13.2. The molecule has 1 aromatic rings. The highest BCUT2D eigenvalue weighted by Crippen LogP contribution is 2.57. The maximum atomic E-state index is 12.3. The lowest BCUT2D eigenvalue weighted by molar-refractivity contribution is -0.127. The van der Waals surface area contributed by atoms with Gasteiger partial charge in [-0.2, -0.15) is 0 Å². The van der Waals surface area contributed by atoms with Crippen molar-refractivity contribution in [3.63, 3.8) is 0 Å². The molecule has 1 unspecified atom stereocenters. The molecule has 20 heavy (non-hydrogen) atoms. The Bertz CT molecular complexity index is 673. The van der Waals surface area contributed by atoms with E-state index in [0.29, 0.717) is 0 Å². The maximum Gasteiger partial charge on any atom is 0.229 e. The fourth-order valence-electron chi connectivity index (χ4n) is 3.21. The summed E-state index contributed by atoms with van der Waals surface area (Å²) in [6.07, 6.45) is 2.27. The summed E-state index contributed by atoms with van der Waals surface area (Å²) >= 11 is 0. The molecule has 0 spiro atoms. The van der Waals surface area contributed by atoms with Crippen LogP contribution < -0.4 is 5.32 Å². The molecule has 1 atom stereocenters. The van der Waals surface area contributed by atoms with Crippen molar-refractivity contribution < 1.29 is 4.79 Å². The number of hydrogen-bond acceptors (Lipinski definition) is 1. The smallest absolute Gasteiger partial charge is 0.229 e. The molecule has 0 heterocycles. The van der Waals surface area contributed by atoms with Crippen molar-refractivity contribution in [1.82, 2.24) is 5.32 Å².